The lowest BCUT2D eigenvalue weighted by atomic mass is 9.98. The molecule has 1 aromatic carbocycles. The number of nitrogens with two attached hydrogens (primary N) is 1. The highest BCUT2D eigenvalue weighted by atomic mass is 16.5. The van der Waals surface area contributed by atoms with Crippen LogP contribution in [0.25, 0.3) is 0 Å². The summed E-state index contributed by atoms with van der Waals surface area (Å²) in [6.07, 6.45) is 4.94. The van der Waals surface area contributed by atoms with Crippen molar-refractivity contribution in [1.29, 1.82) is 0 Å². The Morgan fingerprint density at radius 2 is 2.05 bits per heavy atom. The molecule has 1 aliphatic rings. The maximum atomic E-state index is 12.0. The minimum absolute atomic E-state index is 0.304. The van der Waals surface area contributed by atoms with Crippen LogP contribution in [0, 0.1) is 5.92 Å². The van der Waals surface area contributed by atoms with E-state index in [1.165, 1.54) is 6.42 Å². The van der Waals surface area contributed by atoms with Gasteiger partial charge in [-0.25, -0.2) is 0 Å². The fourth-order valence-electron chi connectivity index (χ4n) is 2.75. The van der Waals surface area contributed by atoms with Crippen molar-refractivity contribution in [3.05, 3.63) is 24.3 Å². The van der Waals surface area contributed by atoms with Gasteiger partial charge in [-0.2, -0.15) is 0 Å². The normalized spacial score (nSPS) is 19.4. The lowest BCUT2D eigenvalue weighted by Crippen LogP contribution is -2.32. The molecule has 0 saturated carbocycles. The number of carbonyl (C=O) groups excluding carboxylic acids is 1. The molecule has 2 rings (SSSR count). The van der Waals surface area contributed by atoms with Crippen LogP contribution in [0.2, 0.25) is 0 Å². The minimum atomic E-state index is 0.304. The minimum Gasteiger partial charge on any atom is -0.494 e. The summed E-state index contributed by atoms with van der Waals surface area (Å²) < 4.78 is 5.67. The average Bonchev–Trinajstić information content (AvgIpc) is 2.67. The number of likely N-dealkylation sites (tertiary alicyclic amines) is 1. The summed E-state index contributed by atoms with van der Waals surface area (Å²) >= 11 is 0. The van der Waals surface area contributed by atoms with Crippen LogP contribution in [-0.4, -0.2) is 30.5 Å². The number of carbonyl (C=O) groups is 1. The number of anilines is 1. The Hall–Kier alpha value is -1.71. The monoisotopic (exact) mass is 290 g/mol. The van der Waals surface area contributed by atoms with E-state index in [-0.39, 0.29) is 0 Å². The molecule has 0 aliphatic carbocycles. The van der Waals surface area contributed by atoms with Crippen LogP contribution in [0.15, 0.2) is 24.3 Å². The molecule has 0 radical (unpaired) electrons. The van der Waals surface area contributed by atoms with Gasteiger partial charge in [0, 0.05) is 25.2 Å². The fraction of sp³-hybridized carbons (Fsp3) is 0.588. The van der Waals surface area contributed by atoms with Crippen molar-refractivity contribution in [2.24, 2.45) is 5.92 Å². The molecule has 1 unspecified atom stereocenters. The van der Waals surface area contributed by atoms with Crippen molar-refractivity contribution in [3.8, 4) is 5.75 Å². The Labute approximate surface area is 127 Å². The molecule has 0 spiro atoms. The lowest BCUT2D eigenvalue weighted by Gasteiger charge is -2.20. The molecule has 1 fully saturated rings. The van der Waals surface area contributed by atoms with Crippen LogP contribution < -0.4 is 10.5 Å². The molecule has 2 N–H and O–H groups in total. The SMILES string of the molecule is CCC1CCC(=O)N(CCCOc2ccc(N)cc2)CC1. The summed E-state index contributed by atoms with van der Waals surface area (Å²) in [4.78, 5) is 14.1. The van der Waals surface area contributed by atoms with E-state index in [9.17, 15) is 4.79 Å². The first-order chi connectivity index (χ1) is 10.2. The van der Waals surface area contributed by atoms with Crippen molar-refractivity contribution in [2.75, 3.05) is 25.4 Å². The standard InChI is InChI=1S/C17H26N2O2/c1-2-14-4-9-17(20)19(12-10-14)11-3-13-21-16-7-5-15(18)6-8-16/h5-8,14H,2-4,9-13,18H2,1H3. The first kappa shape index (κ1) is 15.7. The summed E-state index contributed by atoms with van der Waals surface area (Å²) in [6, 6.07) is 7.41. The Morgan fingerprint density at radius 1 is 1.29 bits per heavy atom. The number of benzene rings is 1. The number of ether oxygens (including phenoxy) is 1. The van der Waals surface area contributed by atoms with E-state index in [0.29, 0.717) is 24.9 Å². The smallest absolute Gasteiger partial charge is 0.222 e. The number of hydrogen-bond donors (Lipinski definition) is 1. The van der Waals surface area contributed by atoms with E-state index in [1.54, 1.807) is 0 Å². The van der Waals surface area contributed by atoms with Crippen molar-refractivity contribution >= 4 is 11.6 Å². The lowest BCUT2D eigenvalue weighted by molar-refractivity contribution is -0.130. The van der Waals surface area contributed by atoms with Gasteiger partial charge in [0.1, 0.15) is 5.75 Å². The second-order valence-electron chi connectivity index (χ2n) is 5.75. The highest BCUT2D eigenvalue weighted by Crippen LogP contribution is 2.21. The van der Waals surface area contributed by atoms with E-state index in [2.05, 4.69) is 6.92 Å². The molecule has 116 valence electrons. The van der Waals surface area contributed by atoms with Crippen LogP contribution in [0.4, 0.5) is 5.69 Å². The van der Waals surface area contributed by atoms with Gasteiger partial charge in [0.2, 0.25) is 5.91 Å². The average molecular weight is 290 g/mol. The highest BCUT2D eigenvalue weighted by molar-refractivity contribution is 5.76. The number of hydrogen-bond acceptors (Lipinski definition) is 3. The topological polar surface area (TPSA) is 55.6 Å². The molecule has 1 saturated heterocycles. The van der Waals surface area contributed by atoms with Gasteiger partial charge < -0.3 is 15.4 Å². The van der Waals surface area contributed by atoms with E-state index in [0.717, 1.165) is 43.8 Å². The van der Waals surface area contributed by atoms with Crippen molar-refractivity contribution < 1.29 is 9.53 Å². The van der Waals surface area contributed by atoms with Crippen LogP contribution in [0.3, 0.4) is 0 Å². The summed E-state index contributed by atoms with van der Waals surface area (Å²) in [6.45, 7) is 4.54. The summed E-state index contributed by atoms with van der Waals surface area (Å²) in [5.74, 6) is 1.85. The number of rotatable bonds is 6. The molecule has 4 nitrogen and oxygen atoms in total. The molecule has 21 heavy (non-hydrogen) atoms. The Balaban J connectivity index is 1.70. The fourth-order valence-corrected chi connectivity index (χ4v) is 2.75. The second-order valence-corrected chi connectivity index (χ2v) is 5.75. The van der Waals surface area contributed by atoms with Crippen LogP contribution >= 0.6 is 0 Å². The zero-order valence-electron chi connectivity index (χ0n) is 12.9. The van der Waals surface area contributed by atoms with Crippen molar-refractivity contribution in [2.45, 2.75) is 39.0 Å². The largest absolute Gasteiger partial charge is 0.494 e. The molecule has 0 bridgehead atoms. The van der Waals surface area contributed by atoms with E-state index in [4.69, 9.17) is 10.5 Å². The maximum Gasteiger partial charge on any atom is 0.222 e. The predicted molar refractivity (Wildman–Crippen MR) is 85.2 cm³/mol. The van der Waals surface area contributed by atoms with Gasteiger partial charge in [-0.3, -0.25) is 4.79 Å². The van der Waals surface area contributed by atoms with Crippen LogP contribution in [-0.2, 0) is 4.79 Å². The predicted octanol–water partition coefficient (Wildman–Crippen LogP) is 3.08. The molecule has 1 aliphatic heterocycles. The van der Waals surface area contributed by atoms with Gasteiger partial charge in [-0.15, -0.1) is 0 Å². The van der Waals surface area contributed by atoms with Crippen molar-refractivity contribution in [1.82, 2.24) is 4.90 Å². The first-order valence-electron chi connectivity index (χ1n) is 7.95. The number of amides is 1. The Bertz CT molecular complexity index is 445. The molecule has 1 aromatic rings. The van der Waals surface area contributed by atoms with E-state index >= 15 is 0 Å². The Morgan fingerprint density at radius 3 is 2.76 bits per heavy atom. The third-order valence-corrected chi connectivity index (χ3v) is 4.22. The Kier molecular flexibility index (Phi) is 5.90. The molecule has 1 amide bonds. The maximum absolute atomic E-state index is 12.0. The van der Waals surface area contributed by atoms with Gasteiger partial charge in [-0.05, 0) is 49.4 Å². The van der Waals surface area contributed by atoms with Crippen molar-refractivity contribution in [3.63, 3.8) is 0 Å². The molecule has 1 atom stereocenters. The number of nitrogens with zero attached hydrogens (tertiary/aromatic N) is 1. The van der Waals surface area contributed by atoms with E-state index < -0.39 is 0 Å². The molecule has 4 heteroatoms. The van der Waals surface area contributed by atoms with E-state index in [1.807, 2.05) is 29.2 Å². The molecule has 0 aromatic heterocycles. The van der Waals surface area contributed by atoms with Crippen LogP contribution in [0.1, 0.15) is 39.0 Å². The zero-order valence-corrected chi connectivity index (χ0v) is 12.9. The summed E-state index contributed by atoms with van der Waals surface area (Å²) in [5.41, 5.74) is 6.37. The van der Waals surface area contributed by atoms with Gasteiger partial charge in [0.15, 0.2) is 0 Å². The van der Waals surface area contributed by atoms with Gasteiger partial charge in [0.25, 0.3) is 0 Å². The van der Waals surface area contributed by atoms with Crippen LogP contribution in [0.5, 0.6) is 5.75 Å². The third-order valence-electron chi connectivity index (χ3n) is 4.22. The van der Waals surface area contributed by atoms with Gasteiger partial charge in [-0.1, -0.05) is 13.3 Å². The first-order valence-corrected chi connectivity index (χ1v) is 7.95. The zero-order chi connectivity index (χ0) is 15.1. The number of nitrogen functional groups attached to an aromatic ring is 1. The quantitative estimate of drug-likeness (QED) is 0.647. The van der Waals surface area contributed by atoms with Gasteiger partial charge >= 0.3 is 0 Å². The third kappa shape index (κ3) is 4.96. The second kappa shape index (κ2) is 7.91. The molecule has 1 heterocycles. The molecular weight excluding hydrogens is 264 g/mol. The summed E-state index contributed by atoms with van der Waals surface area (Å²) in [5, 5.41) is 0. The summed E-state index contributed by atoms with van der Waals surface area (Å²) in [7, 11) is 0. The van der Waals surface area contributed by atoms with Gasteiger partial charge in [0.05, 0.1) is 6.61 Å². The highest BCUT2D eigenvalue weighted by Gasteiger charge is 2.20. The molecular formula is C17H26N2O2.